The summed E-state index contributed by atoms with van der Waals surface area (Å²) in [5, 5.41) is 7.77. The molecule has 0 bridgehead atoms. The van der Waals surface area contributed by atoms with Crippen molar-refractivity contribution in [2.75, 3.05) is 17.2 Å². The van der Waals surface area contributed by atoms with Crippen LogP contribution < -0.4 is 15.4 Å². The van der Waals surface area contributed by atoms with Gasteiger partial charge in [0.15, 0.2) is 0 Å². The quantitative estimate of drug-likeness (QED) is 0.758. The third-order valence-electron chi connectivity index (χ3n) is 4.45. The molecule has 1 aliphatic rings. The third kappa shape index (κ3) is 3.24. The highest BCUT2D eigenvalue weighted by molar-refractivity contribution is 6.04. The van der Waals surface area contributed by atoms with E-state index in [4.69, 9.17) is 4.74 Å². The molecule has 1 aliphatic heterocycles. The van der Waals surface area contributed by atoms with Gasteiger partial charge in [-0.05, 0) is 23.6 Å². The molecule has 1 atom stereocenters. The van der Waals surface area contributed by atoms with Crippen molar-refractivity contribution < 1.29 is 14.3 Å². The molecule has 0 aromatic heterocycles. The van der Waals surface area contributed by atoms with E-state index in [-0.39, 0.29) is 24.8 Å². The number of carbonyl (C=O) groups excluding carboxylic acids is 2. The minimum Gasteiger partial charge on any atom is -0.491 e. The van der Waals surface area contributed by atoms with Gasteiger partial charge in [0.1, 0.15) is 12.4 Å². The largest absolute Gasteiger partial charge is 0.491 e. The fourth-order valence-electron chi connectivity index (χ4n) is 3.11. The maximum absolute atomic E-state index is 12.5. The van der Waals surface area contributed by atoms with E-state index in [1.54, 1.807) is 12.1 Å². The minimum absolute atomic E-state index is 0.0586. The van der Waals surface area contributed by atoms with E-state index in [1.807, 2.05) is 54.6 Å². The maximum Gasteiger partial charge on any atom is 0.231 e. The van der Waals surface area contributed by atoms with Gasteiger partial charge in [0, 0.05) is 17.5 Å². The smallest absolute Gasteiger partial charge is 0.231 e. The number of nitrogens with one attached hydrogen (secondary N) is 2. The molecule has 1 heterocycles. The standard InChI is InChI=1S/C21H18N2O3/c24-20(22-17-10-5-7-14-6-1-2-8-16(14)17)12-15-13-26-19-11-4-3-9-18(19)23-21(15)25/h1-11,15H,12-13H2,(H,22,24)(H,23,25)/t15-/m1/s1. The summed E-state index contributed by atoms with van der Waals surface area (Å²) < 4.78 is 5.69. The molecule has 0 aliphatic carbocycles. The van der Waals surface area contributed by atoms with Gasteiger partial charge in [-0.2, -0.15) is 0 Å². The fraction of sp³-hybridized carbons (Fsp3) is 0.143. The number of hydrogen-bond acceptors (Lipinski definition) is 3. The zero-order chi connectivity index (χ0) is 17.9. The molecule has 0 spiro atoms. The summed E-state index contributed by atoms with van der Waals surface area (Å²) >= 11 is 0. The number of amides is 2. The Balaban J connectivity index is 1.47. The fourth-order valence-corrected chi connectivity index (χ4v) is 3.11. The lowest BCUT2D eigenvalue weighted by molar-refractivity contribution is -0.125. The number of anilines is 2. The number of fused-ring (bicyclic) bond motifs is 2. The van der Waals surface area contributed by atoms with Crippen LogP contribution in [0.1, 0.15) is 6.42 Å². The highest BCUT2D eigenvalue weighted by Crippen LogP contribution is 2.29. The van der Waals surface area contributed by atoms with Gasteiger partial charge < -0.3 is 15.4 Å². The normalized spacial score (nSPS) is 16.2. The Morgan fingerprint density at radius 2 is 1.81 bits per heavy atom. The lowest BCUT2D eigenvalue weighted by atomic mass is 10.0. The van der Waals surface area contributed by atoms with Crippen LogP contribution in [0.5, 0.6) is 5.75 Å². The average Bonchev–Trinajstić information content (AvgIpc) is 2.81. The Kier molecular flexibility index (Phi) is 4.27. The molecule has 5 heteroatoms. The van der Waals surface area contributed by atoms with Crippen LogP contribution in [-0.2, 0) is 9.59 Å². The maximum atomic E-state index is 12.5. The molecule has 0 saturated heterocycles. The van der Waals surface area contributed by atoms with Crippen LogP contribution in [0.25, 0.3) is 10.8 Å². The molecular formula is C21H18N2O3. The Labute approximate surface area is 151 Å². The first-order valence-electron chi connectivity index (χ1n) is 8.51. The van der Waals surface area contributed by atoms with Crippen molar-refractivity contribution in [1.82, 2.24) is 0 Å². The van der Waals surface area contributed by atoms with Crippen LogP contribution in [0.15, 0.2) is 66.7 Å². The van der Waals surface area contributed by atoms with E-state index < -0.39 is 5.92 Å². The van der Waals surface area contributed by atoms with Gasteiger partial charge in [0.25, 0.3) is 0 Å². The summed E-state index contributed by atoms with van der Waals surface area (Å²) in [6.07, 6.45) is 0.0586. The second kappa shape index (κ2) is 6.88. The van der Waals surface area contributed by atoms with Crippen molar-refractivity contribution in [3.05, 3.63) is 66.7 Å². The molecule has 26 heavy (non-hydrogen) atoms. The number of benzene rings is 3. The Morgan fingerprint density at radius 3 is 2.73 bits per heavy atom. The van der Waals surface area contributed by atoms with E-state index in [1.165, 1.54) is 0 Å². The van der Waals surface area contributed by atoms with Gasteiger partial charge in [-0.1, -0.05) is 48.5 Å². The number of ether oxygens (including phenoxy) is 1. The van der Waals surface area contributed by atoms with Crippen molar-refractivity contribution >= 4 is 34.0 Å². The van der Waals surface area contributed by atoms with Crippen LogP contribution in [0.2, 0.25) is 0 Å². The van der Waals surface area contributed by atoms with Crippen LogP contribution in [0.3, 0.4) is 0 Å². The zero-order valence-electron chi connectivity index (χ0n) is 14.1. The van der Waals surface area contributed by atoms with Crippen molar-refractivity contribution in [3.8, 4) is 5.75 Å². The summed E-state index contributed by atoms with van der Waals surface area (Å²) in [5.74, 6) is -0.339. The second-order valence-corrected chi connectivity index (χ2v) is 6.27. The zero-order valence-corrected chi connectivity index (χ0v) is 14.1. The van der Waals surface area contributed by atoms with Crippen LogP contribution in [-0.4, -0.2) is 18.4 Å². The van der Waals surface area contributed by atoms with Crippen molar-refractivity contribution in [2.24, 2.45) is 5.92 Å². The molecule has 0 unspecified atom stereocenters. The van der Waals surface area contributed by atoms with Gasteiger partial charge in [-0.3, -0.25) is 9.59 Å². The predicted octanol–water partition coefficient (Wildman–Crippen LogP) is 3.82. The van der Waals surface area contributed by atoms with Crippen LogP contribution in [0.4, 0.5) is 11.4 Å². The Hall–Kier alpha value is -3.34. The average molecular weight is 346 g/mol. The van der Waals surface area contributed by atoms with Crippen LogP contribution in [0, 0.1) is 5.92 Å². The summed E-state index contributed by atoms with van der Waals surface area (Å²) in [5.41, 5.74) is 1.38. The van der Waals surface area contributed by atoms with Gasteiger partial charge in [0.05, 0.1) is 11.6 Å². The third-order valence-corrected chi connectivity index (χ3v) is 4.45. The lowest BCUT2D eigenvalue weighted by Gasteiger charge is -2.13. The molecule has 0 saturated carbocycles. The molecule has 3 aromatic carbocycles. The van der Waals surface area contributed by atoms with Gasteiger partial charge in [-0.15, -0.1) is 0 Å². The minimum atomic E-state index is -0.544. The molecule has 3 aromatic rings. The number of carbonyl (C=O) groups is 2. The Bertz CT molecular complexity index is 978. The van der Waals surface area contributed by atoms with Gasteiger partial charge in [-0.25, -0.2) is 0 Å². The van der Waals surface area contributed by atoms with E-state index in [2.05, 4.69) is 10.6 Å². The lowest BCUT2D eigenvalue weighted by Crippen LogP contribution is -2.29. The number of hydrogen-bond donors (Lipinski definition) is 2. The molecular weight excluding hydrogens is 328 g/mol. The molecule has 2 amide bonds. The SMILES string of the molecule is O=C(C[C@@H]1COc2ccccc2NC1=O)Nc1cccc2ccccc12. The highest BCUT2D eigenvalue weighted by atomic mass is 16.5. The molecule has 5 nitrogen and oxygen atoms in total. The van der Waals surface area contributed by atoms with Gasteiger partial charge in [0.2, 0.25) is 11.8 Å². The summed E-state index contributed by atoms with van der Waals surface area (Å²) in [4.78, 5) is 24.9. The summed E-state index contributed by atoms with van der Waals surface area (Å²) in [7, 11) is 0. The summed E-state index contributed by atoms with van der Waals surface area (Å²) in [6.45, 7) is 0.172. The highest BCUT2D eigenvalue weighted by Gasteiger charge is 2.27. The van der Waals surface area contributed by atoms with Crippen molar-refractivity contribution in [3.63, 3.8) is 0 Å². The van der Waals surface area contributed by atoms with E-state index >= 15 is 0 Å². The first-order chi connectivity index (χ1) is 12.7. The Morgan fingerprint density at radius 1 is 1.04 bits per heavy atom. The second-order valence-electron chi connectivity index (χ2n) is 6.27. The summed E-state index contributed by atoms with van der Waals surface area (Å²) in [6, 6.07) is 20.9. The number of rotatable bonds is 3. The van der Waals surface area contributed by atoms with Gasteiger partial charge >= 0.3 is 0 Å². The molecule has 0 fully saturated rings. The van der Waals surface area contributed by atoms with E-state index in [9.17, 15) is 9.59 Å². The van der Waals surface area contributed by atoms with E-state index in [0.717, 1.165) is 16.5 Å². The first-order valence-corrected chi connectivity index (χ1v) is 8.51. The van der Waals surface area contributed by atoms with E-state index in [0.29, 0.717) is 11.4 Å². The monoisotopic (exact) mass is 346 g/mol. The molecule has 2 N–H and O–H groups in total. The van der Waals surface area contributed by atoms with Crippen molar-refractivity contribution in [1.29, 1.82) is 0 Å². The molecule has 0 radical (unpaired) electrons. The predicted molar refractivity (Wildman–Crippen MR) is 101 cm³/mol. The molecule has 4 rings (SSSR count). The van der Waals surface area contributed by atoms with Crippen LogP contribution >= 0.6 is 0 Å². The number of para-hydroxylation sites is 2. The van der Waals surface area contributed by atoms with Crippen molar-refractivity contribution in [2.45, 2.75) is 6.42 Å². The first kappa shape index (κ1) is 16.1. The topological polar surface area (TPSA) is 67.4 Å². The molecule has 130 valence electrons.